The predicted molar refractivity (Wildman–Crippen MR) is 83.8 cm³/mol. The van der Waals surface area contributed by atoms with E-state index in [-0.39, 0.29) is 5.92 Å². The largest absolute Gasteiger partial charge is 0.481 e. The lowest BCUT2D eigenvalue weighted by Crippen LogP contribution is -2.24. The molecule has 21 heavy (non-hydrogen) atoms. The highest BCUT2D eigenvalue weighted by atomic mass is 16.4. The first-order valence-corrected chi connectivity index (χ1v) is 7.47. The van der Waals surface area contributed by atoms with Gasteiger partial charge in [0.1, 0.15) is 0 Å². The molecule has 110 valence electrons. The second kappa shape index (κ2) is 5.35. The molecular weight excluding hydrogens is 264 g/mol. The summed E-state index contributed by atoms with van der Waals surface area (Å²) in [6, 6.07) is 8.13. The minimum Gasteiger partial charge on any atom is -0.481 e. The molecule has 1 aliphatic heterocycles. The lowest BCUT2D eigenvalue weighted by Gasteiger charge is -2.24. The van der Waals surface area contributed by atoms with Crippen LogP contribution in [0, 0.1) is 12.8 Å². The Labute approximate surface area is 124 Å². The van der Waals surface area contributed by atoms with Crippen molar-refractivity contribution in [3.05, 3.63) is 35.5 Å². The van der Waals surface area contributed by atoms with Gasteiger partial charge in [-0.05, 0) is 31.4 Å². The summed E-state index contributed by atoms with van der Waals surface area (Å²) < 4.78 is 0. The van der Waals surface area contributed by atoms with E-state index in [9.17, 15) is 9.90 Å². The Balaban J connectivity index is 2.14. The van der Waals surface area contributed by atoms with Crippen molar-refractivity contribution in [3.8, 4) is 0 Å². The van der Waals surface area contributed by atoms with E-state index in [1.54, 1.807) is 0 Å². The number of rotatable bonds is 3. The first kappa shape index (κ1) is 13.9. The lowest BCUT2D eigenvalue weighted by molar-refractivity contribution is -0.140. The first-order valence-electron chi connectivity index (χ1n) is 7.47. The molecule has 4 heteroatoms. The summed E-state index contributed by atoms with van der Waals surface area (Å²) in [4.78, 5) is 18.1. The highest BCUT2D eigenvalue weighted by Gasteiger charge is 2.30. The van der Waals surface area contributed by atoms with Crippen molar-refractivity contribution in [3.63, 3.8) is 0 Å². The summed E-state index contributed by atoms with van der Waals surface area (Å²) in [5.74, 6) is -0.951. The van der Waals surface area contributed by atoms with Crippen molar-refractivity contribution >= 4 is 22.6 Å². The number of carboxylic acids is 1. The number of carbonyl (C=O) groups is 1. The van der Waals surface area contributed by atoms with Gasteiger partial charge in [0.25, 0.3) is 0 Å². The minimum atomic E-state index is -0.689. The van der Waals surface area contributed by atoms with Crippen LogP contribution in [0.25, 0.3) is 10.9 Å². The average molecular weight is 284 g/mol. The average Bonchev–Trinajstić information content (AvgIpc) is 2.95. The number of carboxylic acid groups (broad SMARTS) is 1. The molecule has 1 aliphatic rings. The van der Waals surface area contributed by atoms with Crippen LogP contribution in [0.4, 0.5) is 5.69 Å². The van der Waals surface area contributed by atoms with Crippen molar-refractivity contribution in [2.24, 2.45) is 5.92 Å². The number of aromatic nitrogens is 1. The number of aryl methyl sites for hydroxylation is 1. The Hall–Kier alpha value is -2.10. The number of fused-ring (bicyclic) bond motifs is 1. The fourth-order valence-electron chi connectivity index (χ4n) is 3.30. The third-order valence-electron chi connectivity index (χ3n) is 4.38. The zero-order chi connectivity index (χ0) is 15.0. The number of hydrogen-bond donors (Lipinski definition) is 1. The Kier molecular flexibility index (Phi) is 3.53. The van der Waals surface area contributed by atoms with Gasteiger partial charge < -0.3 is 10.0 Å². The fraction of sp³-hybridized carbons (Fsp3) is 0.412. The molecule has 0 bridgehead atoms. The second-order valence-corrected chi connectivity index (χ2v) is 5.66. The molecule has 2 heterocycles. The highest BCUT2D eigenvalue weighted by molar-refractivity contribution is 5.94. The standard InChI is InChI=1S/C17H20N2O2/c1-3-13-11(2)18-15-7-5-4-6-14(15)16(13)19-9-8-12(10-19)17(20)21/h4-7,12H,3,8-10H2,1-2H3,(H,20,21). The maximum atomic E-state index is 11.2. The molecule has 2 aromatic rings. The van der Waals surface area contributed by atoms with Crippen LogP contribution in [0.1, 0.15) is 24.6 Å². The summed E-state index contributed by atoms with van der Waals surface area (Å²) in [5.41, 5.74) is 4.45. The molecule has 4 nitrogen and oxygen atoms in total. The van der Waals surface area contributed by atoms with Crippen molar-refractivity contribution < 1.29 is 9.90 Å². The molecule has 1 N–H and O–H groups in total. The zero-order valence-electron chi connectivity index (χ0n) is 12.5. The summed E-state index contributed by atoms with van der Waals surface area (Å²) >= 11 is 0. The van der Waals surface area contributed by atoms with Crippen LogP contribution < -0.4 is 4.90 Å². The molecule has 1 atom stereocenters. The van der Waals surface area contributed by atoms with Gasteiger partial charge in [-0.15, -0.1) is 0 Å². The van der Waals surface area contributed by atoms with E-state index in [0.717, 1.165) is 29.6 Å². The number of nitrogens with zero attached hydrogens (tertiary/aromatic N) is 2. The summed E-state index contributed by atoms with van der Waals surface area (Å²) in [6.45, 7) is 5.57. The summed E-state index contributed by atoms with van der Waals surface area (Å²) in [6.07, 6.45) is 1.63. The second-order valence-electron chi connectivity index (χ2n) is 5.66. The number of pyridine rings is 1. The molecule has 0 aliphatic carbocycles. The fourth-order valence-corrected chi connectivity index (χ4v) is 3.30. The molecule has 1 aromatic heterocycles. The van der Waals surface area contributed by atoms with E-state index in [0.29, 0.717) is 13.0 Å². The van der Waals surface area contributed by atoms with Crippen LogP contribution >= 0.6 is 0 Å². The number of aliphatic carboxylic acids is 1. The maximum absolute atomic E-state index is 11.2. The number of para-hydroxylation sites is 1. The van der Waals surface area contributed by atoms with Crippen LogP contribution in [0.2, 0.25) is 0 Å². The zero-order valence-corrected chi connectivity index (χ0v) is 12.5. The van der Waals surface area contributed by atoms with Crippen molar-refractivity contribution in [1.82, 2.24) is 4.98 Å². The van der Waals surface area contributed by atoms with Crippen molar-refractivity contribution in [2.75, 3.05) is 18.0 Å². The van der Waals surface area contributed by atoms with Crippen LogP contribution in [0.3, 0.4) is 0 Å². The van der Waals surface area contributed by atoms with Crippen LogP contribution in [-0.2, 0) is 11.2 Å². The smallest absolute Gasteiger partial charge is 0.308 e. The SMILES string of the molecule is CCc1c(C)nc2ccccc2c1N1CCC(C(=O)O)C1. The third-order valence-corrected chi connectivity index (χ3v) is 4.38. The van der Waals surface area contributed by atoms with Crippen LogP contribution in [0.15, 0.2) is 24.3 Å². The maximum Gasteiger partial charge on any atom is 0.308 e. The highest BCUT2D eigenvalue weighted by Crippen LogP contribution is 2.35. The van der Waals surface area contributed by atoms with Crippen molar-refractivity contribution in [2.45, 2.75) is 26.7 Å². The number of benzene rings is 1. The Bertz CT molecular complexity index is 696. The monoisotopic (exact) mass is 284 g/mol. The number of anilines is 1. The van der Waals surface area contributed by atoms with Crippen LogP contribution in [0.5, 0.6) is 0 Å². The van der Waals surface area contributed by atoms with Gasteiger partial charge in [0.2, 0.25) is 0 Å². The van der Waals surface area contributed by atoms with E-state index in [2.05, 4.69) is 22.9 Å². The topological polar surface area (TPSA) is 53.4 Å². The van der Waals surface area contributed by atoms with E-state index in [1.165, 1.54) is 11.3 Å². The van der Waals surface area contributed by atoms with Gasteiger partial charge in [0.15, 0.2) is 0 Å². The van der Waals surface area contributed by atoms with Gasteiger partial charge in [0, 0.05) is 24.2 Å². The third kappa shape index (κ3) is 2.35. The first-order chi connectivity index (χ1) is 10.1. The molecular formula is C17H20N2O2. The summed E-state index contributed by atoms with van der Waals surface area (Å²) in [5, 5.41) is 10.4. The quantitative estimate of drug-likeness (QED) is 0.941. The van der Waals surface area contributed by atoms with Gasteiger partial charge in [0.05, 0.1) is 17.1 Å². The molecule has 3 rings (SSSR count). The molecule has 1 fully saturated rings. The lowest BCUT2D eigenvalue weighted by atomic mass is 10.0. The van der Waals surface area contributed by atoms with E-state index >= 15 is 0 Å². The summed E-state index contributed by atoms with van der Waals surface area (Å²) in [7, 11) is 0. The van der Waals surface area contributed by atoms with Gasteiger partial charge >= 0.3 is 5.97 Å². The molecule has 1 unspecified atom stereocenters. The Morgan fingerprint density at radius 1 is 1.43 bits per heavy atom. The van der Waals surface area contributed by atoms with E-state index in [4.69, 9.17) is 0 Å². The van der Waals surface area contributed by atoms with E-state index < -0.39 is 5.97 Å². The van der Waals surface area contributed by atoms with Crippen molar-refractivity contribution in [1.29, 1.82) is 0 Å². The minimum absolute atomic E-state index is 0.262. The molecule has 0 spiro atoms. The molecule has 0 saturated carbocycles. The molecule has 0 radical (unpaired) electrons. The van der Waals surface area contributed by atoms with Gasteiger partial charge in [-0.1, -0.05) is 25.1 Å². The van der Waals surface area contributed by atoms with Crippen LogP contribution in [-0.4, -0.2) is 29.1 Å². The normalized spacial score (nSPS) is 18.4. The predicted octanol–water partition coefficient (Wildman–Crippen LogP) is 3.02. The Morgan fingerprint density at radius 2 is 2.19 bits per heavy atom. The molecule has 1 aromatic carbocycles. The number of hydrogen-bond acceptors (Lipinski definition) is 3. The van der Waals surface area contributed by atoms with Gasteiger partial charge in [-0.3, -0.25) is 9.78 Å². The molecule has 0 amide bonds. The van der Waals surface area contributed by atoms with Gasteiger partial charge in [-0.25, -0.2) is 0 Å². The molecule has 1 saturated heterocycles. The Morgan fingerprint density at radius 3 is 2.86 bits per heavy atom. The van der Waals surface area contributed by atoms with E-state index in [1.807, 2.05) is 25.1 Å². The van der Waals surface area contributed by atoms with Gasteiger partial charge in [-0.2, -0.15) is 0 Å².